The quantitative estimate of drug-likeness (QED) is 0.371. The summed E-state index contributed by atoms with van der Waals surface area (Å²) in [5.74, 6) is 2.87. The second kappa shape index (κ2) is 9.44. The lowest BCUT2D eigenvalue weighted by Crippen LogP contribution is -2.37. The van der Waals surface area contributed by atoms with Crippen LogP contribution in [0.2, 0.25) is 0 Å². The number of morpholine rings is 1. The fourth-order valence-electron chi connectivity index (χ4n) is 4.03. The lowest BCUT2D eigenvalue weighted by atomic mass is 10.3. The van der Waals surface area contributed by atoms with Crippen molar-refractivity contribution in [1.29, 1.82) is 0 Å². The highest BCUT2D eigenvalue weighted by Crippen LogP contribution is 2.29. The van der Waals surface area contributed by atoms with E-state index in [1.54, 1.807) is 6.33 Å². The molecular weight excluding hydrogens is 440 g/mol. The molecule has 174 valence electrons. The summed E-state index contributed by atoms with van der Waals surface area (Å²) in [6.45, 7) is 2.81. The van der Waals surface area contributed by atoms with Gasteiger partial charge in [0.25, 0.3) is 0 Å². The van der Waals surface area contributed by atoms with Crippen LogP contribution in [0.3, 0.4) is 0 Å². The van der Waals surface area contributed by atoms with Crippen LogP contribution in [0.4, 0.5) is 17.5 Å². The molecule has 1 N–H and O–H groups in total. The topological polar surface area (TPSA) is 77.3 Å². The minimum Gasteiger partial charge on any atom is -0.457 e. The van der Waals surface area contributed by atoms with E-state index in [1.807, 2.05) is 89.5 Å². The molecule has 5 aromatic rings. The first-order valence-corrected chi connectivity index (χ1v) is 11.6. The number of hydrogen-bond acceptors (Lipinski definition) is 7. The van der Waals surface area contributed by atoms with E-state index >= 15 is 0 Å². The Morgan fingerprint density at radius 3 is 2.20 bits per heavy atom. The molecule has 8 nitrogen and oxygen atoms in total. The number of fused-ring (bicyclic) bond motifs is 1. The molecule has 0 radical (unpaired) electrons. The van der Waals surface area contributed by atoms with Crippen molar-refractivity contribution in [2.24, 2.45) is 0 Å². The van der Waals surface area contributed by atoms with Gasteiger partial charge in [-0.25, -0.2) is 4.98 Å². The minimum atomic E-state index is 0.655. The first-order chi connectivity index (χ1) is 17.3. The standard InChI is InChI=1S/C27H24N6O2/c1-3-7-21(8-4-1)33-19-28-24-25(30-27(31-26(24)33)32-15-17-34-18-16-32)29-20-11-13-23(14-12-20)35-22-9-5-2-6-10-22/h1-14,19H,15-18H2,(H,29,30,31). The van der Waals surface area contributed by atoms with E-state index < -0.39 is 0 Å². The average Bonchev–Trinajstić information content (AvgIpc) is 3.36. The summed E-state index contributed by atoms with van der Waals surface area (Å²) in [6, 6.07) is 27.6. The van der Waals surface area contributed by atoms with Crippen LogP contribution in [0.1, 0.15) is 0 Å². The third-order valence-corrected chi connectivity index (χ3v) is 5.81. The van der Waals surface area contributed by atoms with Crippen molar-refractivity contribution in [3.63, 3.8) is 0 Å². The van der Waals surface area contributed by atoms with Crippen LogP contribution in [0, 0.1) is 0 Å². The second-order valence-corrected chi connectivity index (χ2v) is 8.16. The molecule has 0 unspecified atom stereocenters. The minimum absolute atomic E-state index is 0.655. The SMILES string of the molecule is c1ccc(Oc2ccc(Nc3nc(N4CCOCC4)nc4c3ncn4-c3ccccc3)cc2)cc1. The molecule has 2 aromatic heterocycles. The van der Waals surface area contributed by atoms with Gasteiger partial charge >= 0.3 is 0 Å². The first-order valence-electron chi connectivity index (χ1n) is 11.6. The normalized spacial score (nSPS) is 13.7. The van der Waals surface area contributed by atoms with Gasteiger partial charge in [-0.3, -0.25) is 4.57 Å². The lowest BCUT2D eigenvalue weighted by molar-refractivity contribution is 0.122. The van der Waals surface area contributed by atoms with Crippen molar-refractivity contribution in [2.75, 3.05) is 36.5 Å². The van der Waals surface area contributed by atoms with E-state index in [0.29, 0.717) is 30.5 Å². The van der Waals surface area contributed by atoms with E-state index in [0.717, 1.165) is 41.6 Å². The number of nitrogens with one attached hydrogen (secondary N) is 1. The van der Waals surface area contributed by atoms with Gasteiger partial charge in [0, 0.05) is 24.5 Å². The van der Waals surface area contributed by atoms with Gasteiger partial charge in [0.05, 0.1) is 13.2 Å². The monoisotopic (exact) mass is 464 g/mol. The Morgan fingerprint density at radius 2 is 1.46 bits per heavy atom. The maximum Gasteiger partial charge on any atom is 0.229 e. The van der Waals surface area contributed by atoms with Gasteiger partial charge in [-0.2, -0.15) is 9.97 Å². The van der Waals surface area contributed by atoms with Crippen molar-refractivity contribution < 1.29 is 9.47 Å². The molecule has 35 heavy (non-hydrogen) atoms. The van der Waals surface area contributed by atoms with Gasteiger partial charge in [-0.05, 0) is 48.5 Å². The number of benzene rings is 3. The Hall–Kier alpha value is -4.43. The summed E-state index contributed by atoms with van der Waals surface area (Å²) >= 11 is 0. The van der Waals surface area contributed by atoms with Crippen molar-refractivity contribution in [3.8, 4) is 17.2 Å². The molecule has 6 rings (SSSR count). The summed E-state index contributed by atoms with van der Waals surface area (Å²) in [6.07, 6.45) is 1.79. The fourth-order valence-corrected chi connectivity index (χ4v) is 4.03. The number of nitrogens with zero attached hydrogens (tertiary/aromatic N) is 5. The molecule has 1 aliphatic rings. The van der Waals surface area contributed by atoms with E-state index in [9.17, 15) is 0 Å². The van der Waals surface area contributed by atoms with E-state index in [4.69, 9.17) is 19.4 Å². The molecule has 0 amide bonds. The Bertz CT molecular complexity index is 1420. The molecule has 0 aliphatic carbocycles. The molecule has 0 atom stereocenters. The van der Waals surface area contributed by atoms with Gasteiger partial charge in [0.15, 0.2) is 17.0 Å². The molecular formula is C27H24N6O2. The number of imidazole rings is 1. The van der Waals surface area contributed by atoms with Crippen LogP contribution in [-0.4, -0.2) is 45.8 Å². The van der Waals surface area contributed by atoms with Crippen molar-refractivity contribution in [2.45, 2.75) is 0 Å². The van der Waals surface area contributed by atoms with Gasteiger partial charge in [-0.1, -0.05) is 36.4 Å². The van der Waals surface area contributed by atoms with Crippen LogP contribution in [0.25, 0.3) is 16.9 Å². The number of aromatic nitrogens is 4. The summed E-state index contributed by atoms with van der Waals surface area (Å²) in [5, 5.41) is 3.44. The fraction of sp³-hybridized carbons (Fsp3) is 0.148. The molecule has 3 aromatic carbocycles. The van der Waals surface area contributed by atoms with E-state index in [2.05, 4.69) is 15.2 Å². The number of hydrogen-bond donors (Lipinski definition) is 1. The third-order valence-electron chi connectivity index (χ3n) is 5.81. The number of ether oxygens (including phenoxy) is 2. The largest absolute Gasteiger partial charge is 0.457 e. The maximum atomic E-state index is 5.92. The summed E-state index contributed by atoms with van der Waals surface area (Å²) in [7, 11) is 0. The zero-order chi connectivity index (χ0) is 23.5. The van der Waals surface area contributed by atoms with Gasteiger partial charge in [0.2, 0.25) is 5.95 Å². The first kappa shape index (κ1) is 21.1. The van der Waals surface area contributed by atoms with Crippen LogP contribution in [-0.2, 0) is 4.74 Å². The Balaban J connectivity index is 1.35. The summed E-state index contributed by atoms with van der Waals surface area (Å²) in [5.41, 5.74) is 3.33. The summed E-state index contributed by atoms with van der Waals surface area (Å²) in [4.78, 5) is 16.6. The lowest BCUT2D eigenvalue weighted by Gasteiger charge is -2.27. The predicted octanol–water partition coefficient (Wildman–Crippen LogP) is 5.19. The van der Waals surface area contributed by atoms with E-state index in [-0.39, 0.29) is 0 Å². The summed E-state index contributed by atoms with van der Waals surface area (Å²) < 4.78 is 13.4. The smallest absolute Gasteiger partial charge is 0.229 e. The zero-order valence-electron chi connectivity index (χ0n) is 19.0. The molecule has 8 heteroatoms. The average molecular weight is 465 g/mol. The van der Waals surface area contributed by atoms with Crippen molar-refractivity contribution in [3.05, 3.63) is 91.3 Å². The maximum absolute atomic E-state index is 5.92. The molecule has 3 heterocycles. The highest BCUT2D eigenvalue weighted by molar-refractivity contribution is 5.87. The predicted molar refractivity (Wildman–Crippen MR) is 136 cm³/mol. The van der Waals surface area contributed by atoms with Crippen LogP contribution < -0.4 is 15.0 Å². The highest BCUT2D eigenvalue weighted by atomic mass is 16.5. The second-order valence-electron chi connectivity index (χ2n) is 8.16. The Morgan fingerprint density at radius 1 is 0.771 bits per heavy atom. The Labute approximate surface area is 202 Å². The molecule has 0 saturated carbocycles. The number of para-hydroxylation sites is 2. The third kappa shape index (κ3) is 4.51. The van der Waals surface area contributed by atoms with Gasteiger partial charge < -0.3 is 19.7 Å². The molecule has 0 spiro atoms. The molecule has 1 aliphatic heterocycles. The van der Waals surface area contributed by atoms with E-state index in [1.165, 1.54) is 0 Å². The van der Waals surface area contributed by atoms with Crippen LogP contribution >= 0.6 is 0 Å². The number of rotatable bonds is 6. The Kier molecular flexibility index (Phi) is 5.70. The zero-order valence-corrected chi connectivity index (χ0v) is 19.0. The number of anilines is 3. The van der Waals surface area contributed by atoms with Crippen LogP contribution in [0.5, 0.6) is 11.5 Å². The van der Waals surface area contributed by atoms with Crippen LogP contribution in [0.15, 0.2) is 91.3 Å². The highest BCUT2D eigenvalue weighted by Gasteiger charge is 2.20. The molecule has 0 bridgehead atoms. The van der Waals surface area contributed by atoms with Gasteiger partial charge in [0.1, 0.15) is 17.8 Å². The van der Waals surface area contributed by atoms with Crippen molar-refractivity contribution >= 4 is 28.6 Å². The molecule has 1 fully saturated rings. The molecule has 1 saturated heterocycles. The van der Waals surface area contributed by atoms with Crippen molar-refractivity contribution in [1.82, 2.24) is 19.5 Å². The van der Waals surface area contributed by atoms with Gasteiger partial charge in [-0.15, -0.1) is 0 Å².